The van der Waals surface area contributed by atoms with E-state index in [0.717, 1.165) is 0 Å². The Morgan fingerprint density at radius 3 is 2.58 bits per heavy atom. The molecule has 0 spiro atoms. The van der Waals surface area contributed by atoms with Gasteiger partial charge in [0, 0.05) is 18.3 Å². The van der Waals surface area contributed by atoms with Crippen LogP contribution >= 0.6 is 0 Å². The van der Waals surface area contributed by atoms with Crippen molar-refractivity contribution in [1.82, 2.24) is 15.3 Å². The fourth-order valence-electron chi connectivity index (χ4n) is 1.88. The Kier molecular flexibility index (Phi) is 6.10. The van der Waals surface area contributed by atoms with Gasteiger partial charge in [0.15, 0.2) is 6.61 Å². The van der Waals surface area contributed by atoms with Gasteiger partial charge in [0.1, 0.15) is 11.4 Å². The highest BCUT2D eigenvalue weighted by molar-refractivity contribution is 5.94. The summed E-state index contributed by atoms with van der Waals surface area (Å²) < 4.78 is 46.0. The van der Waals surface area contributed by atoms with Crippen LogP contribution in [0.1, 0.15) is 26.5 Å². The number of pyridine rings is 2. The van der Waals surface area contributed by atoms with Gasteiger partial charge in [0.2, 0.25) is 5.88 Å². The second-order valence-corrected chi connectivity index (χ2v) is 4.95. The van der Waals surface area contributed by atoms with E-state index in [9.17, 15) is 22.8 Å². The lowest BCUT2D eigenvalue weighted by molar-refractivity contribution is -0.154. The number of aromatic nitrogens is 2. The van der Waals surface area contributed by atoms with E-state index in [1.807, 2.05) is 0 Å². The molecule has 138 valence electrons. The van der Waals surface area contributed by atoms with Gasteiger partial charge in [-0.05, 0) is 18.2 Å². The third-order valence-electron chi connectivity index (χ3n) is 3.04. The summed E-state index contributed by atoms with van der Waals surface area (Å²) in [6.07, 6.45) is -3.23. The Labute approximate surface area is 146 Å². The zero-order chi connectivity index (χ0) is 19.2. The molecule has 2 aromatic rings. The summed E-state index contributed by atoms with van der Waals surface area (Å²) in [5.74, 6) is -1.56. The summed E-state index contributed by atoms with van der Waals surface area (Å²) in [4.78, 5) is 31.2. The normalized spacial score (nSPS) is 10.9. The van der Waals surface area contributed by atoms with E-state index in [0.29, 0.717) is 0 Å². The van der Waals surface area contributed by atoms with Crippen molar-refractivity contribution >= 4 is 11.9 Å². The molecule has 0 saturated heterocycles. The van der Waals surface area contributed by atoms with Gasteiger partial charge in [-0.15, -0.1) is 0 Å². The monoisotopic (exact) mass is 369 g/mol. The first kappa shape index (κ1) is 19.2. The van der Waals surface area contributed by atoms with Gasteiger partial charge < -0.3 is 14.8 Å². The summed E-state index contributed by atoms with van der Waals surface area (Å²) in [6, 6.07) is 7.18. The third-order valence-corrected chi connectivity index (χ3v) is 3.04. The number of nitrogens with zero attached hydrogens (tertiary/aromatic N) is 2. The number of methoxy groups -OCH3 is 1. The molecule has 0 aromatic carbocycles. The lowest BCUT2D eigenvalue weighted by Crippen LogP contribution is -2.25. The van der Waals surface area contributed by atoms with Crippen LogP contribution in [0.5, 0.6) is 5.88 Å². The van der Waals surface area contributed by atoms with Crippen molar-refractivity contribution < 1.29 is 32.2 Å². The van der Waals surface area contributed by atoms with Crippen molar-refractivity contribution in [2.45, 2.75) is 12.7 Å². The van der Waals surface area contributed by atoms with Gasteiger partial charge in [-0.25, -0.2) is 14.8 Å². The maximum absolute atomic E-state index is 12.3. The number of hydrogen-bond acceptors (Lipinski definition) is 6. The minimum absolute atomic E-state index is 0.0456. The molecule has 0 unspecified atom stereocenters. The molecule has 1 N–H and O–H groups in total. The highest BCUT2D eigenvalue weighted by Gasteiger charge is 2.29. The highest BCUT2D eigenvalue weighted by atomic mass is 19.4. The fourth-order valence-corrected chi connectivity index (χ4v) is 1.88. The number of rotatable bonds is 6. The first-order valence-electron chi connectivity index (χ1n) is 7.27. The van der Waals surface area contributed by atoms with E-state index < -0.39 is 24.7 Å². The lowest BCUT2D eigenvalue weighted by atomic mass is 10.2. The van der Waals surface area contributed by atoms with Crippen LogP contribution in [0.4, 0.5) is 13.2 Å². The molecular weight excluding hydrogens is 355 g/mol. The molecule has 10 heteroatoms. The van der Waals surface area contributed by atoms with Crippen LogP contribution < -0.4 is 10.1 Å². The molecule has 0 fully saturated rings. The third kappa shape index (κ3) is 5.43. The predicted molar refractivity (Wildman–Crippen MR) is 82.5 cm³/mol. The Balaban J connectivity index is 2.05. The minimum atomic E-state index is -4.50. The zero-order valence-electron chi connectivity index (χ0n) is 13.5. The molecule has 0 aliphatic carbocycles. The van der Waals surface area contributed by atoms with Crippen molar-refractivity contribution in [1.29, 1.82) is 0 Å². The molecule has 26 heavy (non-hydrogen) atoms. The van der Waals surface area contributed by atoms with Crippen LogP contribution in [-0.2, 0) is 11.3 Å². The molecule has 2 aromatic heterocycles. The number of amides is 1. The highest BCUT2D eigenvalue weighted by Crippen LogP contribution is 2.19. The average molecular weight is 369 g/mol. The maximum Gasteiger partial charge on any atom is 0.422 e. The Hall–Kier alpha value is -3.17. The Bertz CT molecular complexity index is 796. The SMILES string of the molecule is COC(=O)c1cccc(C(=O)NCc2cccnc2OCC(F)(F)F)n1. The summed E-state index contributed by atoms with van der Waals surface area (Å²) in [5.41, 5.74) is 0.166. The van der Waals surface area contributed by atoms with Crippen molar-refractivity contribution in [3.8, 4) is 5.88 Å². The van der Waals surface area contributed by atoms with Crippen LogP contribution in [0.2, 0.25) is 0 Å². The number of halogens is 3. The quantitative estimate of drug-likeness (QED) is 0.785. The van der Waals surface area contributed by atoms with Crippen molar-refractivity contribution in [2.75, 3.05) is 13.7 Å². The van der Waals surface area contributed by atoms with Crippen LogP contribution in [0, 0.1) is 0 Å². The summed E-state index contributed by atoms with van der Waals surface area (Å²) in [7, 11) is 1.18. The molecular formula is C16H14F3N3O4. The van der Waals surface area contributed by atoms with E-state index in [1.165, 1.54) is 43.6 Å². The molecule has 1 amide bonds. The van der Waals surface area contributed by atoms with Gasteiger partial charge in [-0.3, -0.25) is 4.79 Å². The largest absolute Gasteiger partial charge is 0.468 e. The van der Waals surface area contributed by atoms with Gasteiger partial charge >= 0.3 is 12.1 Å². The van der Waals surface area contributed by atoms with Crippen LogP contribution in [0.3, 0.4) is 0 Å². The smallest absolute Gasteiger partial charge is 0.422 e. The molecule has 0 bridgehead atoms. The van der Waals surface area contributed by atoms with E-state index in [-0.39, 0.29) is 29.4 Å². The topological polar surface area (TPSA) is 90.4 Å². The molecule has 7 nitrogen and oxygen atoms in total. The zero-order valence-corrected chi connectivity index (χ0v) is 13.5. The lowest BCUT2D eigenvalue weighted by Gasteiger charge is -2.12. The first-order valence-corrected chi connectivity index (χ1v) is 7.27. The molecule has 0 atom stereocenters. The molecule has 2 heterocycles. The van der Waals surface area contributed by atoms with Crippen LogP contribution in [0.25, 0.3) is 0 Å². The van der Waals surface area contributed by atoms with Crippen molar-refractivity contribution in [3.63, 3.8) is 0 Å². The van der Waals surface area contributed by atoms with E-state index in [4.69, 9.17) is 0 Å². The Morgan fingerprint density at radius 2 is 1.88 bits per heavy atom. The number of carbonyl (C=O) groups is 2. The molecule has 0 saturated carbocycles. The van der Waals surface area contributed by atoms with Crippen LogP contribution in [-0.4, -0.2) is 41.7 Å². The number of hydrogen-bond donors (Lipinski definition) is 1. The number of nitrogens with one attached hydrogen (secondary N) is 1. The molecule has 0 radical (unpaired) electrons. The van der Waals surface area contributed by atoms with Gasteiger partial charge in [-0.1, -0.05) is 12.1 Å². The predicted octanol–water partition coefficient (Wildman–Crippen LogP) is 2.13. The number of ether oxygens (including phenoxy) is 2. The summed E-state index contributed by atoms with van der Waals surface area (Å²) in [6.45, 7) is -1.63. The second kappa shape index (κ2) is 8.28. The first-order chi connectivity index (χ1) is 12.3. The number of carbonyl (C=O) groups excluding carboxylic acids is 2. The Morgan fingerprint density at radius 1 is 1.15 bits per heavy atom. The molecule has 2 rings (SSSR count). The van der Waals surface area contributed by atoms with E-state index in [2.05, 4.69) is 24.8 Å². The number of esters is 1. The summed E-state index contributed by atoms with van der Waals surface area (Å²) >= 11 is 0. The summed E-state index contributed by atoms with van der Waals surface area (Å²) in [5, 5.41) is 2.48. The second-order valence-electron chi connectivity index (χ2n) is 4.95. The molecule has 0 aliphatic heterocycles. The van der Waals surface area contributed by atoms with E-state index in [1.54, 1.807) is 0 Å². The van der Waals surface area contributed by atoms with Gasteiger partial charge in [-0.2, -0.15) is 13.2 Å². The van der Waals surface area contributed by atoms with Crippen molar-refractivity contribution in [3.05, 3.63) is 53.5 Å². The van der Waals surface area contributed by atoms with Gasteiger partial charge in [0.05, 0.1) is 7.11 Å². The standard InChI is InChI=1S/C16H14F3N3O4/c1-25-15(24)12-6-2-5-11(22-12)13(23)21-8-10-4-3-7-20-14(10)26-9-16(17,18)19/h2-7H,8-9H2,1H3,(H,21,23). The maximum atomic E-state index is 12.3. The minimum Gasteiger partial charge on any atom is -0.468 e. The number of alkyl halides is 3. The van der Waals surface area contributed by atoms with Crippen LogP contribution in [0.15, 0.2) is 36.5 Å². The fraction of sp³-hybridized carbons (Fsp3) is 0.250. The van der Waals surface area contributed by atoms with E-state index >= 15 is 0 Å². The average Bonchev–Trinajstić information content (AvgIpc) is 2.63. The molecule has 0 aliphatic rings. The van der Waals surface area contributed by atoms with Crippen molar-refractivity contribution in [2.24, 2.45) is 0 Å². The van der Waals surface area contributed by atoms with Gasteiger partial charge in [0.25, 0.3) is 5.91 Å².